The first-order chi connectivity index (χ1) is 12.8. The number of hydrogen-bond donors (Lipinski definition) is 2. The SMILES string of the molecule is CCNC(=NCC1(CCOC)CCC1)N1CC[C@@H](NC(=O)OC(C)(C)C)C1. The van der Waals surface area contributed by atoms with Gasteiger partial charge >= 0.3 is 6.09 Å². The number of alkyl carbamates (subject to hydrolysis) is 1. The minimum Gasteiger partial charge on any atom is -0.444 e. The molecular weight excluding hydrogens is 344 g/mol. The number of ether oxygens (including phenoxy) is 2. The summed E-state index contributed by atoms with van der Waals surface area (Å²) in [5.41, 5.74) is -0.164. The molecule has 2 N–H and O–H groups in total. The summed E-state index contributed by atoms with van der Waals surface area (Å²) < 4.78 is 10.7. The Morgan fingerprint density at radius 1 is 1.33 bits per heavy atom. The van der Waals surface area contributed by atoms with E-state index >= 15 is 0 Å². The second-order valence-corrected chi connectivity index (χ2v) is 8.84. The highest BCUT2D eigenvalue weighted by molar-refractivity contribution is 5.80. The van der Waals surface area contributed by atoms with Gasteiger partial charge in [0.25, 0.3) is 0 Å². The molecule has 0 radical (unpaired) electrons. The molecule has 1 aliphatic carbocycles. The first-order valence-corrected chi connectivity index (χ1v) is 10.3. The predicted molar refractivity (Wildman–Crippen MR) is 108 cm³/mol. The lowest BCUT2D eigenvalue weighted by atomic mass is 9.67. The maximum atomic E-state index is 12.0. The van der Waals surface area contributed by atoms with Crippen molar-refractivity contribution in [3.8, 4) is 0 Å². The fraction of sp³-hybridized carbons (Fsp3) is 0.900. The molecule has 1 amide bonds. The Kier molecular flexibility index (Phi) is 7.77. The maximum Gasteiger partial charge on any atom is 0.407 e. The number of rotatable bonds is 7. The van der Waals surface area contributed by atoms with Gasteiger partial charge in [-0.2, -0.15) is 0 Å². The van der Waals surface area contributed by atoms with Crippen LogP contribution < -0.4 is 10.6 Å². The first kappa shape index (κ1) is 21.8. The Balaban J connectivity index is 1.90. The molecule has 0 aromatic carbocycles. The van der Waals surface area contributed by atoms with E-state index in [9.17, 15) is 4.79 Å². The van der Waals surface area contributed by atoms with Gasteiger partial charge in [0.15, 0.2) is 5.96 Å². The van der Waals surface area contributed by atoms with Crippen LogP contribution in [0.3, 0.4) is 0 Å². The van der Waals surface area contributed by atoms with Crippen LogP contribution in [0.25, 0.3) is 0 Å². The van der Waals surface area contributed by atoms with Crippen molar-refractivity contribution in [1.29, 1.82) is 0 Å². The van der Waals surface area contributed by atoms with E-state index in [1.807, 2.05) is 20.8 Å². The van der Waals surface area contributed by atoms with Gasteiger partial charge in [-0.3, -0.25) is 4.99 Å². The molecule has 1 aliphatic heterocycles. The molecule has 0 spiro atoms. The van der Waals surface area contributed by atoms with Gasteiger partial charge in [-0.15, -0.1) is 0 Å². The van der Waals surface area contributed by atoms with Gasteiger partial charge < -0.3 is 25.0 Å². The molecule has 2 rings (SSSR count). The number of methoxy groups -OCH3 is 1. The average Bonchev–Trinajstić information content (AvgIpc) is 2.98. The van der Waals surface area contributed by atoms with Crippen LogP contribution in [0.5, 0.6) is 0 Å². The molecule has 0 aromatic heterocycles. The Labute approximate surface area is 164 Å². The van der Waals surface area contributed by atoms with Crippen molar-refractivity contribution in [2.45, 2.75) is 71.4 Å². The second-order valence-electron chi connectivity index (χ2n) is 8.84. The summed E-state index contributed by atoms with van der Waals surface area (Å²) >= 11 is 0. The molecule has 7 nitrogen and oxygen atoms in total. The number of nitrogens with zero attached hydrogens (tertiary/aromatic N) is 2. The summed E-state index contributed by atoms with van der Waals surface area (Å²) in [6.45, 7) is 11.9. The maximum absolute atomic E-state index is 12.0. The zero-order chi connectivity index (χ0) is 19.9. The molecule has 1 saturated carbocycles. The van der Waals surface area contributed by atoms with Crippen LogP contribution in [0.15, 0.2) is 4.99 Å². The Morgan fingerprint density at radius 2 is 2.07 bits per heavy atom. The third-order valence-corrected chi connectivity index (χ3v) is 5.36. The molecule has 2 aliphatic rings. The highest BCUT2D eigenvalue weighted by Gasteiger charge is 2.37. The number of amides is 1. The molecule has 1 heterocycles. The van der Waals surface area contributed by atoms with Crippen LogP contribution in [-0.4, -0.2) is 68.5 Å². The van der Waals surface area contributed by atoms with Crippen LogP contribution in [0.4, 0.5) is 4.79 Å². The Bertz CT molecular complexity index is 512. The molecule has 27 heavy (non-hydrogen) atoms. The molecule has 156 valence electrons. The fourth-order valence-corrected chi connectivity index (χ4v) is 3.70. The van der Waals surface area contributed by atoms with Gasteiger partial charge in [-0.1, -0.05) is 6.42 Å². The van der Waals surface area contributed by atoms with E-state index in [2.05, 4.69) is 22.5 Å². The van der Waals surface area contributed by atoms with Gasteiger partial charge in [0, 0.05) is 39.9 Å². The fourth-order valence-electron chi connectivity index (χ4n) is 3.70. The van der Waals surface area contributed by atoms with E-state index in [1.54, 1.807) is 7.11 Å². The van der Waals surface area contributed by atoms with Crippen molar-refractivity contribution in [3.63, 3.8) is 0 Å². The van der Waals surface area contributed by atoms with Gasteiger partial charge in [0.2, 0.25) is 0 Å². The Morgan fingerprint density at radius 3 is 2.63 bits per heavy atom. The van der Waals surface area contributed by atoms with Gasteiger partial charge in [0.1, 0.15) is 5.60 Å². The highest BCUT2D eigenvalue weighted by atomic mass is 16.6. The van der Waals surface area contributed by atoms with Gasteiger partial charge in [0.05, 0.1) is 6.04 Å². The van der Waals surface area contributed by atoms with Crippen molar-refractivity contribution in [2.75, 3.05) is 39.9 Å². The summed E-state index contributed by atoms with van der Waals surface area (Å²) in [4.78, 5) is 19.2. The van der Waals surface area contributed by atoms with E-state index in [0.717, 1.165) is 51.6 Å². The topological polar surface area (TPSA) is 75.2 Å². The number of aliphatic imine (C=N–C) groups is 1. The van der Waals surface area contributed by atoms with E-state index in [4.69, 9.17) is 14.5 Å². The van der Waals surface area contributed by atoms with Crippen LogP contribution in [-0.2, 0) is 9.47 Å². The number of nitrogens with one attached hydrogen (secondary N) is 2. The minimum atomic E-state index is -0.474. The number of carbonyl (C=O) groups excluding carboxylic acids is 1. The van der Waals surface area contributed by atoms with Crippen molar-refractivity contribution >= 4 is 12.1 Å². The van der Waals surface area contributed by atoms with Gasteiger partial charge in [-0.25, -0.2) is 4.79 Å². The zero-order valence-electron chi connectivity index (χ0n) is 17.8. The lowest BCUT2D eigenvalue weighted by molar-refractivity contribution is 0.0507. The third kappa shape index (κ3) is 6.87. The van der Waals surface area contributed by atoms with Crippen LogP contribution >= 0.6 is 0 Å². The smallest absolute Gasteiger partial charge is 0.407 e. The molecule has 0 bridgehead atoms. The largest absolute Gasteiger partial charge is 0.444 e. The summed E-state index contributed by atoms with van der Waals surface area (Å²) in [6, 6.07) is 0.0925. The summed E-state index contributed by atoms with van der Waals surface area (Å²) in [7, 11) is 1.77. The molecule has 0 unspecified atom stereocenters. The zero-order valence-corrected chi connectivity index (χ0v) is 17.8. The van der Waals surface area contributed by atoms with E-state index in [1.165, 1.54) is 19.3 Å². The van der Waals surface area contributed by atoms with E-state index < -0.39 is 5.60 Å². The summed E-state index contributed by atoms with van der Waals surface area (Å²) in [5.74, 6) is 0.953. The normalized spacial score (nSPS) is 22.3. The van der Waals surface area contributed by atoms with E-state index in [0.29, 0.717) is 5.41 Å². The van der Waals surface area contributed by atoms with Crippen LogP contribution in [0.1, 0.15) is 59.8 Å². The van der Waals surface area contributed by atoms with Crippen molar-refractivity contribution in [2.24, 2.45) is 10.4 Å². The summed E-state index contributed by atoms with van der Waals surface area (Å²) in [5, 5.41) is 6.40. The predicted octanol–water partition coefficient (Wildman–Crippen LogP) is 2.76. The molecule has 2 fully saturated rings. The van der Waals surface area contributed by atoms with Crippen molar-refractivity contribution in [3.05, 3.63) is 0 Å². The van der Waals surface area contributed by atoms with Crippen molar-refractivity contribution in [1.82, 2.24) is 15.5 Å². The lowest BCUT2D eigenvalue weighted by Crippen LogP contribution is -2.45. The van der Waals surface area contributed by atoms with Crippen LogP contribution in [0, 0.1) is 5.41 Å². The van der Waals surface area contributed by atoms with Crippen LogP contribution in [0.2, 0.25) is 0 Å². The highest BCUT2D eigenvalue weighted by Crippen LogP contribution is 2.44. The molecule has 1 atom stereocenters. The number of carbonyl (C=O) groups is 1. The number of guanidine groups is 1. The quantitative estimate of drug-likeness (QED) is 0.523. The number of likely N-dealkylation sites (tertiary alicyclic amines) is 1. The molecule has 0 aromatic rings. The number of hydrogen-bond acceptors (Lipinski definition) is 4. The second kappa shape index (κ2) is 9.62. The summed E-state index contributed by atoms with van der Waals surface area (Å²) in [6.07, 6.45) is 5.41. The van der Waals surface area contributed by atoms with Crippen molar-refractivity contribution < 1.29 is 14.3 Å². The van der Waals surface area contributed by atoms with Gasteiger partial charge in [-0.05, 0) is 58.8 Å². The molecule has 7 heteroatoms. The minimum absolute atomic E-state index is 0.0925. The standard InChI is InChI=1S/C20H38N4O3/c1-6-21-17(22-15-20(9-7-10-20)11-13-26-5)24-12-8-16(14-24)23-18(25)27-19(2,3)4/h16H,6-15H2,1-5H3,(H,21,22)(H,23,25)/t16-/m1/s1. The Hall–Kier alpha value is -1.50. The molecule has 1 saturated heterocycles. The first-order valence-electron chi connectivity index (χ1n) is 10.3. The molecular formula is C20H38N4O3. The third-order valence-electron chi connectivity index (χ3n) is 5.36. The van der Waals surface area contributed by atoms with E-state index in [-0.39, 0.29) is 12.1 Å². The lowest BCUT2D eigenvalue weighted by Gasteiger charge is -2.41. The average molecular weight is 383 g/mol. The monoisotopic (exact) mass is 382 g/mol.